The minimum Gasteiger partial charge on any atom is -0.477 e. The summed E-state index contributed by atoms with van der Waals surface area (Å²) in [5.41, 5.74) is 0.507. The molecule has 0 aromatic heterocycles. The summed E-state index contributed by atoms with van der Waals surface area (Å²) in [5.74, 6) is -2.10. The Labute approximate surface area is 201 Å². The second kappa shape index (κ2) is 12.4. The summed E-state index contributed by atoms with van der Waals surface area (Å²) in [4.78, 5) is 37.7. The monoisotopic (exact) mass is 491 g/mol. The molecule has 1 aromatic rings. The molecule has 0 fully saturated rings. The predicted octanol–water partition coefficient (Wildman–Crippen LogP) is 2.67. The number of sulfonamides is 1. The van der Waals surface area contributed by atoms with Crippen LogP contribution >= 0.6 is 0 Å². The largest absolute Gasteiger partial charge is 0.477 e. The summed E-state index contributed by atoms with van der Waals surface area (Å²) >= 11 is 0. The smallest absolute Gasteiger partial charge is 0.352 e. The fourth-order valence-corrected chi connectivity index (χ4v) is 4.46. The van der Waals surface area contributed by atoms with E-state index < -0.39 is 21.9 Å². The SMILES string of the molecule is CCCCCCNC(=O)c1ccc(S(=O)(=O)NC(=O)C2=CC=C(C(=O)O)N(CC(C)C)C2)cc1. The predicted molar refractivity (Wildman–Crippen MR) is 128 cm³/mol. The van der Waals surface area contributed by atoms with E-state index in [9.17, 15) is 27.9 Å². The second-order valence-corrected chi connectivity index (χ2v) is 10.3. The van der Waals surface area contributed by atoms with Gasteiger partial charge in [0.15, 0.2) is 0 Å². The van der Waals surface area contributed by atoms with Gasteiger partial charge in [-0.2, -0.15) is 0 Å². The Morgan fingerprint density at radius 1 is 1.03 bits per heavy atom. The van der Waals surface area contributed by atoms with Crippen molar-refractivity contribution in [3.05, 3.63) is 53.3 Å². The van der Waals surface area contributed by atoms with Gasteiger partial charge >= 0.3 is 5.97 Å². The molecule has 0 unspecified atom stereocenters. The minimum absolute atomic E-state index is 0.0188. The van der Waals surface area contributed by atoms with Crippen LogP contribution in [0.1, 0.15) is 56.8 Å². The molecule has 1 heterocycles. The Hall–Kier alpha value is -3.14. The van der Waals surface area contributed by atoms with Gasteiger partial charge in [-0.05, 0) is 48.8 Å². The van der Waals surface area contributed by atoms with Gasteiger partial charge in [-0.3, -0.25) is 9.59 Å². The molecule has 186 valence electrons. The zero-order valence-corrected chi connectivity index (χ0v) is 20.7. The Morgan fingerprint density at radius 3 is 2.29 bits per heavy atom. The third kappa shape index (κ3) is 7.72. The van der Waals surface area contributed by atoms with Crippen LogP contribution in [-0.4, -0.2) is 55.8 Å². The number of carboxylic acid groups (broad SMARTS) is 1. The van der Waals surface area contributed by atoms with Crippen LogP contribution in [0.5, 0.6) is 0 Å². The van der Waals surface area contributed by atoms with E-state index in [1.165, 1.54) is 41.3 Å². The van der Waals surface area contributed by atoms with Crippen LogP contribution in [-0.2, 0) is 19.6 Å². The average molecular weight is 492 g/mol. The molecule has 0 spiro atoms. The molecule has 0 atom stereocenters. The molecule has 2 rings (SSSR count). The van der Waals surface area contributed by atoms with E-state index in [-0.39, 0.29) is 34.5 Å². The number of nitrogens with one attached hydrogen (secondary N) is 2. The first-order valence-corrected chi connectivity index (χ1v) is 12.9. The van der Waals surface area contributed by atoms with Gasteiger partial charge < -0.3 is 15.3 Å². The van der Waals surface area contributed by atoms with E-state index in [1.54, 1.807) is 0 Å². The molecule has 2 amide bonds. The molecule has 0 bridgehead atoms. The van der Waals surface area contributed by atoms with Crippen molar-refractivity contribution in [1.29, 1.82) is 0 Å². The van der Waals surface area contributed by atoms with Crippen molar-refractivity contribution in [2.75, 3.05) is 19.6 Å². The summed E-state index contributed by atoms with van der Waals surface area (Å²) < 4.78 is 27.4. The van der Waals surface area contributed by atoms with Crippen LogP contribution in [0.15, 0.2) is 52.6 Å². The van der Waals surface area contributed by atoms with Gasteiger partial charge in [-0.25, -0.2) is 17.9 Å². The lowest BCUT2D eigenvalue weighted by Gasteiger charge is -2.29. The number of carbonyl (C=O) groups excluding carboxylic acids is 2. The number of benzene rings is 1. The third-order valence-corrected chi connectivity index (χ3v) is 6.56. The number of hydrogen-bond acceptors (Lipinski definition) is 6. The average Bonchev–Trinajstić information content (AvgIpc) is 2.78. The Balaban J connectivity index is 2.04. The summed E-state index contributed by atoms with van der Waals surface area (Å²) in [6.45, 7) is 6.87. The number of allylic oxidation sites excluding steroid dienone is 2. The summed E-state index contributed by atoms with van der Waals surface area (Å²) in [7, 11) is -4.18. The first-order valence-electron chi connectivity index (χ1n) is 11.4. The maximum Gasteiger partial charge on any atom is 0.352 e. The lowest BCUT2D eigenvalue weighted by atomic mass is 10.1. The number of nitrogens with zero attached hydrogens (tertiary/aromatic N) is 1. The lowest BCUT2D eigenvalue weighted by molar-refractivity contribution is -0.134. The van der Waals surface area contributed by atoms with Crippen LogP contribution in [0.4, 0.5) is 0 Å². The molecule has 1 aliphatic rings. The van der Waals surface area contributed by atoms with Crippen LogP contribution in [0.3, 0.4) is 0 Å². The molecular weight excluding hydrogens is 458 g/mol. The highest BCUT2D eigenvalue weighted by atomic mass is 32.2. The van der Waals surface area contributed by atoms with E-state index >= 15 is 0 Å². The number of aliphatic carboxylic acids is 1. The lowest BCUT2D eigenvalue weighted by Crippen LogP contribution is -2.40. The van der Waals surface area contributed by atoms with E-state index in [2.05, 4.69) is 12.2 Å². The van der Waals surface area contributed by atoms with Gasteiger partial charge in [-0.1, -0.05) is 40.0 Å². The molecule has 0 saturated carbocycles. The van der Waals surface area contributed by atoms with Gasteiger partial charge in [-0.15, -0.1) is 0 Å². The number of unbranched alkanes of at least 4 members (excludes halogenated alkanes) is 3. The zero-order chi connectivity index (χ0) is 25.3. The molecule has 0 aliphatic carbocycles. The second-order valence-electron chi connectivity index (χ2n) is 8.60. The van der Waals surface area contributed by atoms with Gasteiger partial charge in [0.05, 0.1) is 4.90 Å². The first kappa shape index (κ1) is 27.1. The minimum atomic E-state index is -4.18. The van der Waals surface area contributed by atoms with Crippen molar-refractivity contribution in [2.24, 2.45) is 5.92 Å². The summed E-state index contributed by atoms with van der Waals surface area (Å²) in [5, 5.41) is 12.2. The molecule has 3 N–H and O–H groups in total. The Bertz CT molecular complexity index is 1060. The van der Waals surface area contributed by atoms with Crippen LogP contribution in [0.2, 0.25) is 0 Å². The maximum atomic E-state index is 12.7. The number of carbonyl (C=O) groups is 3. The normalized spacial score (nSPS) is 13.8. The molecular formula is C24H33N3O6S. The summed E-state index contributed by atoms with van der Waals surface area (Å²) in [6, 6.07) is 5.33. The summed E-state index contributed by atoms with van der Waals surface area (Å²) in [6.07, 6.45) is 6.74. The van der Waals surface area contributed by atoms with Crippen molar-refractivity contribution < 1.29 is 27.9 Å². The Morgan fingerprint density at radius 2 is 1.71 bits per heavy atom. The number of hydrogen-bond donors (Lipinski definition) is 3. The highest BCUT2D eigenvalue weighted by molar-refractivity contribution is 7.90. The fourth-order valence-electron chi connectivity index (χ4n) is 3.47. The third-order valence-electron chi connectivity index (χ3n) is 5.21. The number of carboxylic acids is 1. The number of amides is 2. The van der Waals surface area contributed by atoms with E-state index in [0.29, 0.717) is 18.7 Å². The Kier molecular flexibility index (Phi) is 9.85. The molecule has 10 heteroatoms. The van der Waals surface area contributed by atoms with Crippen molar-refractivity contribution >= 4 is 27.8 Å². The topological polar surface area (TPSA) is 133 Å². The number of rotatable bonds is 12. The molecule has 1 aromatic carbocycles. The van der Waals surface area contributed by atoms with Crippen molar-refractivity contribution in [3.8, 4) is 0 Å². The van der Waals surface area contributed by atoms with Crippen LogP contribution in [0.25, 0.3) is 0 Å². The molecule has 1 aliphatic heterocycles. The van der Waals surface area contributed by atoms with Crippen LogP contribution < -0.4 is 10.0 Å². The van der Waals surface area contributed by atoms with Crippen LogP contribution in [0, 0.1) is 5.92 Å². The van der Waals surface area contributed by atoms with E-state index in [4.69, 9.17) is 0 Å². The van der Waals surface area contributed by atoms with Gasteiger partial charge in [0.2, 0.25) is 0 Å². The molecule has 0 saturated heterocycles. The zero-order valence-electron chi connectivity index (χ0n) is 19.8. The first-order chi connectivity index (χ1) is 16.0. The highest BCUT2D eigenvalue weighted by Gasteiger charge is 2.27. The standard InChI is InChI=1S/C24H33N3O6S/c1-4-5-6-7-14-25-22(28)18-8-11-20(12-9-18)34(32,33)26-23(29)19-10-13-21(24(30)31)27(16-19)15-17(2)3/h8-13,17H,4-7,14-16H2,1-3H3,(H,25,28)(H,26,29)(H,30,31). The highest BCUT2D eigenvalue weighted by Crippen LogP contribution is 2.18. The van der Waals surface area contributed by atoms with Crippen molar-refractivity contribution in [3.63, 3.8) is 0 Å². The van der Waals surface area contributed by atoms with Gasteiger partial charge in [0.1, 0.15) is 5.70 Å². The molecule has 34 heavy (non-hydrogen) atoms. The van der Waals surface area contributed by atoms with E-state index in [0.717, 1.165) is 25.7 Å². The van der Waals surface area contributed by atoms with E-state index in [1.807, 2.05) is 18.6 Å². The van der Waals surface area contributed by atoms with Gasteiger partial charge in [0, 0.05) is 30.8 Å². The fraction of sp³-hybridized carbons (Fsp3) is 0.458. The molecule has 9 nitrogen and oxygen atoms in total. The van der Waals surface area contributed by atoms with Crippen molar-refractivity contribution in [1.82, 2.24) is 14.9 Å². The van der Waals surface area contributed by atoms with Crippen molar-refractivity contribution in [2.45, 2.75) is 51.3 Å². The maximum absolute atomic E-state index is 12.7. The quantitative estimate of drug-likeness (QED) is 0.383. The molecule has 0 radical (unpaired) electrons. The van der Waals surface area contributed by atoms with Gasteiger partial charge in [0.25, 0.3) is 21.8 Å².